The Morgan fingerprint density at radius 2 is 1.73 bits per heavy atom. The monoisotopic (exact) mass is 428 g/mol. The van der Waals surface area contributed by atoms with E-state index in [1.54, 1.807) is 43.2 Å². The second-order valence-corrected chi connectivity index (χ2v) is 8.82. The number of sulfonamides is 1. The van der Waals surface area contributed by atoms with Crippen LogP contribution < -0.4 is 15.3 Å². The van der Waals surface area contributed by atoms with Crippen molar-refractivity contribution in [3.8, 4) is 5.75 Å². The summed E-state index contributed by atoms with van der Waals surface area (Å²) in [6.07, 6.45) is 0. The summed E-state index contributed by atoms with van der Waals surface area (Å²) in [6.45, 7) is 1.97. The molecular weight excluding hydrogens is 408 g/mol. The van der Waals surface area contributed by atoms with Crippen molar-refractivity contribution in [1.82, 2.24) is 4.31 Å². The minimum Gasteiger partial charge on any atom is -0.497 e. The number of carbonyl (C=O) groups excluding carboxylic acids is 1. The van der Waals surface area contributed by atoms with Crippen molar-refractivity contribution < 1.29 is 22.4 Å². The summed E-state index contributed by atoms with van der Waals surface area (Å²) in [6, 6.07) is 13.2. The van der Waals surface area contributed by atoms with E-state index in [9.17, 15) is 18.0 Å². The highest BCUT2D eigenvalue weighted by Gasteiger charge is 2.39. The van der Waals surface area contributed by atoms with Crippen molar-refractivity contribution in [3.63, 3.8) is 0 Å². The molecule has 4 rings (SSSR count). The van der Waals surface area contributed by atoms with Crippen LogP contribution in [-0.4, -0.2) is 44.9 Å². The van der Waals surface area contributed by atoms with Gasteiger partial charge in [-0.3, -0.25) is 4.79 Å². The average Bonchev–Trinajstić information content (AvgIpc) is 2.75. The third-order valence-corrected chi connectivity index (χ3v) is 7.15. The smallest absolute Gasteiger partial charge is 0.336 e. The SMILES string of the molecule is COc1ccc(N2CCN(S(=O)(=O)c3ccc4oc(=O)ccc4c3)C(C)C2=O)cc1. The van der Waals surface area contributed by atoms with E-state index < -0.39 is 21.7 Å². The molecule has 1 aliphatic heterocycles. The number of nitrogens with zero attached hydrogens (tertiary/aromatic N) is 2. The van der Waals surface area contributed by atoms with Crippen LogP contribution in [0.4, 0.5) is 5.69 Å². The Morgan fingerprint density at radius 3 is 2.43 bits per heavy atom. The lowest BCUT2D eigenvalue weighted by Gasteiger charge is -2.38. The van der Waals surface area contributed by atoms with Crippen molar-refractivity contribution in [2.45, 2.75) is 17.9 Å². The maximum Gasteiger partial charge on any atom is 0.336 e. The van der Waals surface area contributed by atoms with Crippen LogP contribution in [0.2, 0.25) is 0 Å². The molecule has 2 heterocycles. The van der Waals surface area contributed by atoms with E-state index >= 15 is 0 Å². The second kappa shape index (κ2) is 7.58. The van der Waals surface area contributed by atoms with Crippen LogP contribution in [0.3, 0.4) is 0 Å². The third-order valence-electron chi connectivity index (χ3n) is 5.18. The van der Waals surface area contributed by atoms with E-state index in [0.29, 0.717) is 22.4 Å². The van der Waals surface area contributed by atoms with E-state index in [2.05, 4.69) is 0 Å². The number of ether oxygens (including phenoxy) is 1. The van der Waals surface area contributed by atoms with Gasteiger partial charge in [0.2, 0.25) is 15.9 Å². The maximum absolute atomic E-state index is 13.2. The second-order valence-electron chi connectivity index (χ2n) is 6.93. The molecular formula is C21H20N2O6S. The molecule has 3 aromatic rings. The molecule has 156 valence electrons. The van der Waals surface area contributed by atoms with Crippen LogP contribution in [0.1, 0.15) is 6.92 Å². The Kier molecular flexibility index (Phi) is 5.08. The van der Waals surface area contributed by atoms with Gasteiger partial charge in [0.25, 0.3) is 0 Å². The van der Waals surface area contributed by atoms with E-state index in [1.807, 2.05) is 0 Å². The number of benzene rings is 2. The van der Waals surface area contributed by atoms with E-state index in [1.165, 1.54) is 34.6 Å². The molecule has 0 saturated carbocycles. The van der Waals surface area contributed by atoms with E-state index in [4.69, 9.17) is 9.15 Å². The summed E-state index contributed by atoms with van der Waals surface area (Å²) in [5.41, 5.74) is 0.479. The predicted molar refractivity (Wildman–Crippen MR) is 111 cm³/mol. The van der Waals surface area contributed by atoms with Gasteiger partial charge in [0.15, 0.2) is 0 Å². The first-order valence-electron chi connectivity index (χ1n) is 9.32. The molecule has 0 bridgehead atoms. The first-order chi connectivity index (χ1) is 14.3. The van der Waals surface area contributed by atoms with Gasteiger partial charge >= 0.3 is 5.63 Å². The van der Waals surface area contributed by atoms with Gasteiger partial charge in [-0.25, -0.2) is 13.2 Å². The normalized spacial score (nSPS) is 18.0. The van der Waals surface area contributed by atoms with Crippen LogP contribution in [0.25, 0.3) is 11.0 Å². The highest BCUT2D eigenvalue weighted by atomic mass is 32.2. The molecule has 1 unspecified atom stereocenters. The zero-order chi connectivity index (χ0) is 21.5. The Labute approximate surface area is 173 Å². The van der Waals surface area contributed by atoms with Crippen LogP contribution in [0, 0.1) is 0 Å². The van der Waals surface area contributed by atoms with Crippen LogP contribution >= 0.6 is 0 Å². The van der Waals surface area contributed by atoms with Crippen molar-refractivity contribution >= 4 is 32.6 Å². The van der Waals surface area contributed by atoms with Crippen LogP contribution in [-0.2, 0) is 14.8 Å². The molecule has 0 N–H and O–H groups in total. The number of anilines is 1. The molecule has 2 aromatic carbocycles. The molecule has 1 saturated heterocycles. The molecule has 0 aliphatic carbocycles. The molecule has 0 spiro atoms. The Bertz CT molecular complexity index is 1270. The number of methoxy groups -OCH3 is 1. The summed E-state index contributed by atoms with van der Waals surface area (Å²) >= 11 is 0. The summed E-state index contributed by atoms with van der Waals surface area (Å²) < 4.78 is 37.9. The van der Waals surface area contributed by atoms with Gasteiger partial charge in [-0.15, -0.1) is 0 Å². The molecule has 1 aromatic heterocycles. The van der Waals surface area contributed by atoms with Crippen LogP contribution in [0.15, 0.2) is 68.7 Å². The van der Waals surface area contributed by atoms with Gasteiger partial charge < -0.3 is 14.1 Å². The number of fused-ring (bicyclic) bond motifs is 1. The zero-order valence-electron chi connectivity index (χ0n) is 16.4. The molecule has 9 heteroatoms. The predicted octanol–water partition coefficient (Wildman–Crippen LogP) is 2.23. The standard InChI is InChI=1S/C21H20N2O6S/c1-14-21(25)22(16-4-6-17(28-2)7-5-16)11-12-23(14)30(26,27)18-8-9-19-15(13-18)3-10-20(24)29-19/h3-10,13-14H,11-12H2,1-2H3. The minimum absolute atomic E-state index is 0.0430. The highest BCUT2D eigenvalue weighted by molar-refractivity contribution is 7.89. The van der Waals surface area contributed by atoms with Gasteiger partial charge in [-0.1, -0.05) is 0 Å². The lowest BCUT2D eigenvalue weighted by molar-refractivity contribution is -0.123. The highest BCUT2D eigenvalue weighted by Crippen LogP contribution is 2.28. The van der Waals surface area contributed by atoms with Gasteiger partial charge in [0.1, 0.15) is 17.4 Å². The molecule has 1 aliphatic rings. The van der Waals surface area contributed by atoms with Crippen molar-refractivity contribution in [2.24, 2.45) is 0 Å². The quantitative estimate of drug-likeness (QED) is 0.591. The molecule has 30 heavy (non-hydrogen) atoms. The lowest BCUT2D eigenvalue weighted by Crippen LogP contribution is -2.57. The molecule has 8 nitrogen and oxygen atoms in total. The number of amides is 1. The Balaban J connectivity index is 1.62. The van der Waals surface area contributed by atoms with E-state index in [-0.39, 0.29) is 23.9 Å². The van der Waals surface area contributed by atoms with Gasteiger partial charge in [-0.05, 0) is 55.5 Å². The summed E-state index contributed by atoms with van der Waals surface area (Å²) in [5, 5.41) is 0.492. The number of piperazine rings is 1. The number of hydrogen-bond donors (Lipinski definition) is 0. The fourth-order valence-corrected chi connectivity index (χ4v) is 5.16. The summed E-state index contributed by atoms with van der Waals surface area (Å²) in [5.74, 6) is 0.370. The van der Waals surface area contributed by atoms with Crippen molar-refractivity contribution in [3.05, 3.63) is 65.0 Å². The van der Waals surface area contributed by atoms with Gasteiger partial charge in [0, 0.05) is 30.2 Å². The van der Waals surface area contributed by atoms with Crippen molar-refractivity contribution in [1.29, 1.82) is 0 Å². The topological polar surface area (TPSA) is 97.1 Å². The number of hydrogen-bond acceptors (Lipinski definition) is 6. The summed E-state index contributed by atoms with van der Waals surface area (Å²) in [4.78, 5) is 25.9. The first kappa shape index (κ1) is 20.1. The first-order valence-corrected chi connectivity index (χ1v) is 10.8. The average molecular weight is 428 g/mol. The number of carbonyl (C=O) groups is 1. The Morgan fingerprint density at radius 1 is 1.00 bits per heavy atom. The summed E-state index contributed by atoms with van der Waals surface area (Å²) in [7, 11) is -2.35. The fraction of sp³-hybridized carbons (Fsp3) is 0.238. The molecule has 0 radical (unpaired) electrons. The maximum atomic E-state index is 13.2. The van der Waals surface area contributed by atoms with Gasteiger partial charge in [0.05, 0.1) is 12.0 Å². The van der Waals surface area contributed by atoms with E-state index in [0.717, 1.165) is 0 Å². The molecule has 1 amide bonds. The van der Waals surface area contributed by atoms with Crippen LogP contribution in [0.5, 0.6) is 5.75 Å². The van der Waals surface area contributed by atoms with Crippen molar-refractivity contribution in [2.75, 3.05) is 25.1 Å². The number of rotatable bonds is 4. The molecule has 1 fully saturated rings. The van der Waals surface area contributed by atoms with Gasteiger partial charge in [-0.2, -0.15) is 4.31 Å². The molecule has 1 atom stereocenters. The fourth-order valence-electron chi connectivity index (χ4n) is 3.54. The zero-order valence-corrected chi connectivity index (χ0v) is 17.3. The largest absolute Gasteiger partial charge is 0.497 e. The minimum atomic E-state index is -3.92. The lowest BCUT2D eigenvalue weighted by atomic mass is 10.2. The Hall–Kier alpha value is -3.17. The third kappa shape index (κ3) is 3.46.